The second kappa shape index (κ2) is 23.6. The third-order valence-electron chi connectivity index (χ3n) is 9.25. The SMILES string of the molecule is CC(C)C[C@H](NC(=O)[C@@H](NC(=O)OC(C)(C)C)C(C)C)C(=O)N[C@@H](C)C(=O)NCc1ccc(C[n+]2ccc(-c3cc[n+](Cc4ccc(C(=O)O)cc4)cc3)cc2)cc1.[Br-].[Br-]. The molecular weight excluding hydrogens is 896 g/mol. The van der Waals surface area contributed by atoms with E-state index in [0.29, 0.717) is 19.5 Å². The predicted molar refractivity (Wildman–Crippen MR) is 219 cm³/mol. The van der Waals surface area contributed by atoms with Crippen LogP contribution in [0.1, 0.15) is 88.9 Å². The van der Waals surface area contributed by atoms with E-state index < -0.39 is 47.6 Å². The van der Waals surface area contributed by atoms with E-state index in [1.54, 1.807) is 53.7 Å². The average molecular weight is 955 g/mol. The van der Waals surface area contributed by atoms with Crippen LogP contribution in [0.2, 0.25) is 0 Å². The molecule has 5 N–H and O–H groups in total. The van der Waals surface area contributed by atoms with E-state index in [1.165, 1.54) is 0 Å². The first-order valence-electron chi connectivity index (χ1n) is 19.6. The Bertz CT molecular complexity index is 2020. The van der Waals surface area contributed by atoms with Gasteiger partial charge in [0, 0.05) is 41.9 Å². The largest absolute Gasteiger partial charge is 1.00 e. The Balaban J connectivity index is 0.00000620. The minimum atomic E-state index is -0.937. The van der Waals surface area contributed by atoms with Crippen LogP contribution in [-0.4, -0.2) is 58.6 Å². The van der Waals surface area contributed by atoms with Crippen molar-refractivity contribution in [2.24, 2.45) is 11.8 Å². The number of ether oxygens (including phenoxy) is 1. The fourth-order valence-electron chi connectivity index (χ4n) is 6.10. The normalized spacial score (nSPS) is 12.5. The fourth-order valence-corrected chi connectivity index (χ4v) is 6.10. The van der Waals surface area contributed by atoms with Gasteiger partial charge in [-0.05, 0) is 74.8 Å². The van der Waals surface area contributed by atoms with Crippen LogP contribution in [-0.2, 0) is 38.8 Å². The summed E-state index contributed by atoms with van der Waals surface area (Å²) in [5.74, 6) is -2.52. The predicted octanol–water partition coefficient (Wildman–Crippen LogP) is -1.07. The highest BCUT2D eigenvalue weighted by Gasteiger charge is 2.31. The lowest BCUT2D eigenvalue weighted by atomic mass is 10.00. The molecule has 0 saturated carbocycles. The van der Waals surface area contributed by atoms with Crippen molar-refractivity contribution >= 4 is 29.8 Å². The zero-order valence-corrected chi connectivity index (χ0v) is 38.7. The number of carbonyl (C=O) groups is 5. The number of nitrogens with one attached hydrogen (secondary N) is 4. The lowest BCUT2D eigenvalue weighted by Gasteiger charge is -2.28. The Labute approximate surface area is 374 Å². The van der Waals surface area contributed by atoms with Crippen LogP contribution >= 0.6 is 0 Å². The van der Waals surface area contributed by atoms with Gasteiger partial charge in [0.2, 0.25) is 17.7 Å². The summed E-state index contributed by atoms with van der Waals surface area (Å²) >= 11 is 0. The summed E-state index contributed by atoms with van der Waals surface area (Å²) in [7, 11) is 0. The molecule has 15 heteroatoms. The molecule has 4 amide bonds. The molecule has 0 aliphatic rings. The second-order valence-corrected chi connectivity index (χ2v) is 16.3. The number of hydrogen-bond donors (Lipinski definition) is 5. The highest BCUT2D eigenvalue weighted by atomic mass is 79.9. The van der Waals surface area contributed by atoms with Gasteiger partial charge in [0.1, 0.15) is 23.7 Å². The maximum atomic E-state index is 13.3. The van der Waals surface area contributed by atoms with Crippen molar-refractivity contribution in [2.75, 3.05) is 0 Å². The number of aromatic nitrogens is 2. The summed E-state index contributed by atoms with van der Waals surface area (Å²) in [5.41, 5.74) is 4.70. The van der Waals surface area contributed by atoms with Crippen LogP contribution in [0.4, 0.5) is 4.79 Å². The first kappa shape index (κ1) is 51.0. The monoisotopic (exact) mass is 952 g/mol. The third-order valence-corrected chi connectivity index (χ3v) is 9.25. The average Bonchev–Trinajstić information content (AvgIpc) is 3.16. The molecule has 0 radical (unpaired) electrons. The summed E-state index contributed by atoms with van der Waals surface area (Å²) in [6.45, 7) is 15.8. The molecule has 0 bridgehead atoms. The van der Waals surface area contributed by atoms with E-state index in [4.69, 9.17) is 9.84 Å². The molecule has 2 aromatic heterocycles. The van der Waals surface area contributed by atoms with Gasteiger partial charge in [0.15, 0.2) is 37.9 Å². The number of halogens is 2. The van der Waals surface area contributed by atoms with Gasteiger partial charge >= 0.3 is 12.1 Å². The van der Waals surface area contributed by atoms with Crippen LogP contribution in [0.5, 0.6) is 0 Å². The van der Waals surface area contributed by atoms with E-state index in [1.807, 2.05) is 79.6 Å². The summed E-state index contributed by atoms with van der Waals surface area (Å²) in [4.78, 5) is 63.2. The highest BCUT2D eigenvalue weighted by molar-refractivity contribution is 5.94. The molecule has 0 unspecified atom stereocenters. The zero-order chi connectivity index (χ0) is 42.6. The number of carboxylic acid groups (broad SMARTS) is 1. The molecule has 2 heterocycles. The van der Waals surface area contributed by atoms with E-state index in [-0.39, 0.29) is 63.8 Å². The molecule has 324 valence electrons. The summed E-state index contributed by atoms with van der Waals surface area (Å²) < 4.78 is 9.45. The van der Waals surface area contributed by atoms with E-state index >= 15 is 0 Å². The first-order valence-corrected chi connectivity index (χ1v) is 19.6. The molecule has 0 saturated heterocycles. The number of alkyl carbamates (subject to hydrolysis) is 1. The third kappa shape index (κ3) is 16.5. The minimum Gasteiger partial charge on any atom is -1.00 e. The molecule has 2 aromatic carbocycles. The standard InChI is InChI=1S/C45H56N6O7.2BrH/c1-29(2)25-38(48-42(54)39(30(3)4)49-44(57)58-45(6,7)8)41(53)47-31(5)40(52)46-26-32-9-11-33(12-10-32)27-50-21-17-35(18-22-50)36-19-23-51(24-20-36)28-34-13-15-37(16-14-34)43(55)56;;/h9-24,29-31,38-39H,25-28H2,1-8H3,(H3-2,46,47,48,49,52,53,54,55,56,57);2*1H/t31-,38-,39-;;/m0../s1. The maximum Gasteiger partial charge on any atom is 0.408 e. The van der Waals surface area contributed by atoms with Crippen molar-refractivity contribution in [3.63, 3.8) is 0 Å². The van der Waals surface area contributed by atoms with Gasteiger partial charge in [-0.2, -0.15) is 0 Å². The number of amides is 4. The van der Waals surface area contributed by atoms with Crippen LogP contribution in [0.15, 0.2) is 97.6 Å². The lowest BCUT2D eigenvalue weighted by Crippen LogP contribution is -3.00. The number of carbonyl (C=O) groups excluding carboxylic acids is 4. The van der Waals surface area contributed by atoms with Crippen LogP contribution in [0, 0.1) is 11.8 Å². The van der Waals surface area contributed by atoms with Crippen molar-refractivity contribution < 1.29 is 76.9 Å². The molecule has 0 aliphatic heterocycles. The topological polar surface area (TPSA) is 171 Å². The van der Waals surface area contributed by atoms with Gasteiger partial charge in [-0.3, -0.25) is 14.4 Å². The Morgan fingerprint density at radius 3 is 1.53 bits per heavy atom. The fraction of sp³-hybridized carbons (Fsp3) is 0.400. The van der Waals surface area contributed by atoms with Gasteiger partial charge in [-0.1, -0.05) is 64.1 Å². The van der Waals surface area contributed by atoms with Crippen LogP contribution in [0.25, 0.3) is 11.1 Å². The van der Waals surface area contributed by atoms with Crippen LogP contribution in [0.3, 0.4) is 0 Å². The van der Waals surface area contributed by atoms with Gasteiger partial charge in [0.25, 0.3) is 0 Å². The van der Waals surface area contributed by atoms with Crippen molar-refractivity contribution in [2.45, 2.75) is 105 Å². The number of aromatic carboxylic acids is 1. The molecule has 0 spiro atoms. The number of pyridine rings is 2. The van der Waals surface area contributed by atoms with Gasteiger partial charge in [-0.15, -0.1) is 0 Å². The summed E-state index contributed by atoms with van der Waals surface area (Å²) in [6.07, 6.45) is 7.69. The smallest absolute Gasteiger partial charge is 0.408 e. The van der Waals surface area contributed by atoms with E-state index in [9.17, 15) is 24.0 Å². The molecule has 0 aliphatic carbocycles. The zero-order valence-electron chi connectivity index (χ0n) is 35.5. The lowest BCUT2D eigenvalue weighted by molar-refractivity contribution is -0.688. The Morgan fingerprint density at radius 2 is 1.10 bits per heavy atom. The van der Waals surface area contributed by atoms with Crippen molar-refractivity contribution in [1.82, 2.24) is 21.3 Å². The molecule has 4 rings (SSSR count). The Kier molecular flexibility index (Phi) is 20.0. The molecule has 4 aromatic rings. The van der Waals surface area contributed by atoms with Crippen molar-refractivity contribution in [3.8, 4) is 11.1 Å². The van der Waals surface area contributed by atoms with Crippen molar-refractivity contribution in [1.29, 1.82) is 0 Å². The second-order valence-electron chi connectivity index (χ2n) is 16.3. The quantitative estimate of drug-likeness (QED) is 0.0841. The van der Waals surface area contributed by atoms with Crippen molar-refractivity contribution in [3.05, 3.63) is 120 Å². The molecule has 3 atom stereocenters. The number of rotatable bonds is 17. The number of hydrogen-bond acceptors (Lipinski definition) is 6. The minimum absolute atomic E-state index is 0. The highest BCUT2D eigenvalue weighted by Crippen LogP contribution is 2.17. The van der Waals surface area contributed by atoms with Gasteiger partial charge in [-0.25, -0.2) is 18.7 Å². The first-order chi connectivity index (χ1) is 27.4. The molecular formula is C45H58Br2N6O7. The maximum absolute atomic E-state index is 13.3. The van der Waals surface area contributed by atoms with Gasteiger partial charge in [0.05, 0.1) is 5.56 Å². The number of carboxylic acids is 1. The van der Waals surface area contributed by atoms with Gasteiger partial charge < -0.3 is 65.1 Å². The molecule has 13 nitrogen and oxygen atoms in total. The molecule has 0 fully saturated rings. The number of nitrogens with zero attached hydrogens (tertiary/aromatic N) is 2. The number of benzene rings is 2. The Morgan fingerprint density at radius 1 is 0.633 bits per heavy atom. The Hall–Kier alpha value is -5.15. The van der Waals surface area contributed by atoms with E-state index in [0.717, 1.165) is 27.8 Å². The van der Waals surface area contributed by atoms with Crippen LogP contribution < -0.4 is 64.4 Å². The molecule has 60 heavy (non-hydrogen) atoms. The summed E-state index contributed by atoms with van der Waals surface area (Å²) in [5, 5.41) is 20.1. The summed E-state index contributed by atoms with van der Waals surface area (Å²) in [6, 6.07) is 20.4. The van der Waals surface area contributed by atoms with E-state index in [2.05, 4.69) is 50.1 Å².